The standard InChI is InChI=1S/C23H23N7/c24-21-22(28-19-9-5-7-17-6-1-2-8-18(17)19)26-16-27-23(21)30-14-12-29(13-15-30)20-10-3-4-11-25-20/h1-11,16H,12-15,24H2,(H,26,27,28). The zero-order valence-electron chi connectivity index (χ0n) is 16.6. The molecular weight excluding hydrogens is 374 g/mol. The van der Waals surface area contributed by atoms with Crippen molar-refractivity contribution in [3.63, 3.8) is 0 Å². The Balaban J connectivity index is 1.36. The van der Waals surface area contributed by atoms with Crippen LogP contribution in [0.2, 0.25) is 0 Å². The molecule has 7 heteroatoms. The lowest BCUT2D eigenvalue weighted by Gasteiger charge is -2.36. The quantitative estimate of drug-likeness (QED) is 0.543. The molecule has 1 aliphatic heterocycles. The van der Waals surface area contributed by atoms with Crippen LogP contribution < -0.4 is 20.9 Å². The Morgan fingerprint density at radius 2 is 1.53 bits per heavy atom. The summed E-state index contributed by atoms with van der Waals surface area (Å²) in [6.45, 7) is 3.38. The lowest BCUT2D eigenvalue weighted by atomic mass is 10.1. The minimum Gasteiger partial charge on any atom is -0.393 e. The van der Waals surface area contributed by atoms with Gasteiger partial charge < -0.3 is 20.9 Å². The van der Waals surface area contributed by atoms with Crippen molar-refractivity contribution < 1.29 is 0 Å². The highest BCUT2D eigenvalue weighted by atomic mass is 15.3. The largest absolute Gasteiger partial charge is 0.393 e. The van der Waals surface area contributed by atoms with Gasteiger partial charge in [-0.3, -0.25) is 0 Å². The van der Waals surface area contributed by atoms with E-state index >= 15 is 0 Å². The van der Waals surface area contributed by atoms with Crippen LogP contribution in [-0.2, 0) is 0 Å². The highest BCUT2D eigenvalue weighted by Gasteiger charge is 2.22. The van der Waals surface area contributed by atoms with Crippen LogP contribution in [0.3, 0.4) is 0 Å². The van der Waals surface area contributed by atoms with Gasteiger partial charge in [-0.25, -0.2) is 15.0 Å². The van der Waals surface area contributed by atoms with Crippen molar-refractivity contribution in [1.82, 2.24) is 15.0 Å². The minimum atomic E-state index is 0.566. The smallest absolute Gasteiger partial charge is 0.159 e. The Kier molecular flexibility index (Phi) is 4.77. The number of nitrogens with one attached hydrogen (secondary N) is 1. The molecule has 0 radical (unpaired) electrons. The number of rotatable bonds is 4. The topological polar surface area (TPSA) is 83.2 Å². The summed E-state index contributed by atoms with van der Waals surface area (Å²) >= 11 is 0. The average Bonchev–Trinajstić information content (AvgIpc) is 2.81. The second-order valence-electron chi connectivity index (χ2n) is 7.27. The van der Waals surface area contributed by atoms with E-state index in [-0.39, 0.29) is 0 Å². The Labute approximate surface area is 175 Å². The number of hydrogen-bond acceptors (Lipinski definition) is 7. The molecule has 3 heterocycles. The van der Waals surface area contributed by atoms with E-state index < -0.39 is 0 Å². The number of aromatic nitrogens is 3. The molecule has 0 spiro atoms. The van der Waals surface area contributed by atoms with Crippen molar-refractivity contribution in [1.29, 1.82) is 0 Å². The van der Waals surface area contributed by atoms with E-state index in [2.05, 4.69) is 48.3 Å². The molecule has 0 bridgehead atoms. The molecule has 2 aromatic carbocycles. The number of nitrogens with zero attached hydrogens (tertiary/aromatic N) is 5. The Morgan fingerprint density at radius 1 is 0.767 bits per heavy atom. The van der Waals surface area contributed by atoms with Gasteiger partial charge in [0.25, 0.3) is 0 Å². The number of nitrogens with two attached hydrogens (primary N) is 1. The summed E-state index contributed by atoms with van der Waals surface area (Å²) in [7, 11) is 0. The molecule has 0 amide bonds. The van der Waals surface area contributed by atoms with Gasteiger partial charge in [-0.15, -0.1) is 0 Å². The molecule has 1 saturated heterocycles. The van der Waals surface area contributed by atoms with Crippen molar-refractivity contribution >= 4 is 39.6 Å². The van der Waals surface area contributed by atoms with Gasteiger partial charge in [0.15, 0.2) is 11.6 Å². The van der Waals surface area contributed by atoms with E-state index in [0.717, 1.165) is 48.9 Å². The van der Waals surface area contributed by atoms with E-state index in [1.165, 1.54) is 5.39 Å². The molecule has 2 aromatic heterocycles. The van der Waals surface area contributed by atoms with Crippen LogP contribution in [0.5, 0.6) is 0 Å². The first-order chi connectivity index (χ1) is 14.8. The molecule has 4 aromatic rings. The SMILES string of the molecule is Nc1c(Nc2cccc3ccccc23)ncnc1N1CCN(c2ccccn2)CC1. The van der Waals surface area contributed by atoms with Crippen LogP contribution in [0, 0.1) is 0 Å². The fourth-order valence-corrected chi connectivity index (χ4v) is 3.89. The molecule has 0 atom stereocenters. The predicted molar refractivity (Wildman–Crippen MR) is 122 cm³/mol. The lowest BCUT2D eigenvalue weighted by molar-refractivity contribution is 0.642. The molecule has 30 heavy (non-hydrogen) atoms. The molecule has 3 N–H and O–H groups in total. The summed E-state index contributed by atoms with van der Waals surface area (Å²) in [5.41, 5.74) is 8.04. The van der Waals surface area contributed by atoms with Crippen LogP contribution in [0.25, 0.3) is 10.8 Å². The van der Waals surface area contributed by atoms with Crippen molar-refractivity contribution in [3.05, 3.63) is 73.2 Å². The second-order valence-corrected chi connectivity index (χ2v) is 7.27. The fourth-order valence-electron chi connectivity index (χ4n) is 3.89. The molecule has 0 saturated carbocycles. The van der Waals surface area contributed by atoms with Crippen LogP contribution in [0.15, 0.2) is 73.2 Å². The van der Waals surface area contributed by atoms with E-state index in [1.54, 1.807) is 6.33 Å². The molecule has 1 fully saturated rings. The second kappa shape index (κ2) is 7.87. The number of benzene rings is 2. The molecule has 5 rings (SSSR count). The first-order valence-corrected chi connectivity index (χ1v) is 10.1. The van der Waals surface area contributed by atoms with Crippen LogP contribution >= 0.6 is 0 Å². The summed E-state index contributed by atoms with van der Waals surface area (Å²) < 4.78 is 0. The lowest BCUT2D eigenvalue weighted by Crippen LogP contribution is -2.47. The molecule has 0 unspecified atom stereocenters. The Bertz CT molecular complexity index is 1150. The van der Waals surface area contributed by atoms with E-state index in [9.17, 15) is 0 Å². The number of fused-ring (bicyclic) bond motifs is 1. The monoisotopic (exact) mass is 397 g/mol. The molecule has 7 nitrogen and oxygen atoms in total. The minimum absolute atomic E-state index is 0.566. The zero-order valence-corrected chi connectivity index (χ0v) is 16.6. The summed E-state index contributed by atoms with van der Waals surface area (Å²) in [5.74, 6) is 2.41. The van der Waals surface area contributed by atoms with E-state index in [4.69, 9.17) is 5.73 Å². The van der Waals surface area contributed by atoms with Crippen molar-refractivity contribution in [3.8, 4) is 0 Å². The fraction of sp³-hybridized carbons (Fsp3) is 0.174. The van der Waals surface area contributed by atoms with Gasteiger partial charge >= 0.3 is 0 Å². The van der Waals surface area contributed by atoms with Gasteiger partial charge in [-0.2, -0.15) is 0 Å². The Morgan fingerprint density at radius 3 is 2.37 bits per heavy atom. The molecule has 1 aliphatic rings. The van der Waals surface area contributed by atoms with Crippen molar-refractivity contribution in [2.24, 2.45) is 0 Å². The summed E-state index contributed by atoms with van der Waals surface area (Å²) in [6.07, 6.45) is 3.40. The third-order valence-electron chi connectivity index (χ3n) is 5.46. The normalized spacial score (nSPS) is 14.1. The van der Waals surface area contributed by atoms with Crippen LogP contribution in [0.1, 0.15) is 0 Å². The summed E-state index contributed by atoms with van der Waals surface area (Å²) in [4.78, 5) is 17.8. The highest BCUT2D eigenvalue weighted by Crippen LogP contribution is 2.32. The predicted octanol–water partition coefficient (Wildman–Crippen LogP) is 3.68. The maximum Gasteiger partial charge on any atom is 0.159 e. The van der Waals surface area contributed by atoms with Crippen molar-refractivity contribution in [2.45, 2.75) is 0 Å². The van der Waals surface area contributed by atoms with Gasteiger partial charge in [0.1, 0.15) is 17.8 Å². The Hall–Kier alpha value is -3.87. The van der Waals surface area contributed by atoms with Crippen LogP contribution in [0.4, 0.5) is 28.8 Å². The van der Waals surface area contributed by atoms with Crippen LogP contribution in [-0.4, -0.2) is 41.1 Å². The first kappa shape index (κ1) is 18.2. The number of hydrogen-bond donors (Lipinski definition) is 2. The molecule has 0 aliphatic carbocycles. The highest BCUT2D eigenvalue weighted by molar-refractivity contribution is 5.96. The average molecular weight is 397 g/mol. The van der Waals surface area contributed by atoms with Gasteiger partial charge in [-0.05, 0) is 23.6 Å². The number of anilines is 5. The van der Waals surface area contributed by atoms with Gasteiger partial charge in [0.05, 0.1) is 0 Å². The zero-order chi connectivity index (χ0) is 20.3. The van der Waals surface area contributed by atoms with Crippen molar-refractivity contribution in [2.75, 3.05) is 47.0 Å². The van der Waals surface area contributed by atoms with Gasteiger partial charge in [-0.1, -0.05) is 42.5 Å². The van der Waals surface area contributed by atoms with E-state index in [0.29, 0.717) is 11.5 Å². The summed E-state index contributed by atoms with van der Waals surface area (Å²) in [6, 6.07) is 20.4. The third kappa shape index (κ3) is 3.45. The molecular formula is C23H23N7. The number of nitrogen functional groups attached to an aromatic ring is 1. The maximum atomic E-state index is 6.50. The van der Waals surface area contributed by atoms with Gasteiger partial charge in [0.2, 0.25) is 0 Å². The molecule has 150 valence electrons. The third-order valence-corrected chi connectivity index (χ3v) is 5.46. The number of piperazine rings is 1. The first-order valence-electron chi connectivity index (χ1n) is 10.1. The van der Waals surface area contributed by atoms with Gasteiger partial charge in [0, 0.05) is 43.4 Å². The maximum absolute atomic E-state index is 6.50. The van der Waals surface area contributed by atoms with E-state index in [1.807, 2.05) is 48.7 Å². The number of pyridine rings is 1. The summed E-state index contributed by atoms with van der Waals surface area (Å²) in [5, 5.41) is 5.70.